The topological polar surface area (TPSA) is 42.2 Å². The average molecular weight is 281 g/mol. The van der Waals surface area contributed by atoms with Crippen LogP contribution in [-0.4, -0.2) is 21.6 Å². The second-order valence-corrected chi connectivity index (χ2v) is 5.80. The van der Waals surface area contributed by atoms with Gasteiger partial charge in [0.2, 0.25) is 0 Å². The molecule has 21 heavy (non-hydrogen) atoms. The molecule has 3 rings (SSSR count). The fraction of sp³-hybridized carbons (Fsp3) is 0.389. The zero-order valence-corrected chi connectivity index (χ0v) is 12.2. The standard InChI is InChI=1S/C18H19NO2/c1-19-16-8-4-3-7-14(16)15(13-20)17(19)9-12-18(21)10-5-2-6-11-18/h3-4,7-8,13,21H,2,5-6,10-11H2,1H3. The van der Waals surface area contributed by atoms with Crippen LogP contribution < -0.4 is 0 Å². The number of carbonyl (C=O) groups excluding carboxylic acids is 1. The second kappa shape index (κ2) is 5.38. The van der Waals surface area contributed by atoms with E-state index in [2.05, 4.69) is 11.8 Å². The number of aromatic nitrogens is 1. The van der Waals surface area contributed by atoms with E-state index in [0.717, 1.165) is 49.3 Å². The first kappa shape index (κ1) is 13.9. The molecule has 2 aromatic rings. The molecule has 1 aliphatic carbocycles. The molecule has 1 aromatic carbocycles. The number of para-hydroxylation sites is 1. The molecule has 0 amide bonds. The van der Waals surface area contributed by atoms with Gasteiger partial charge in [-0.15, -0.1) is 0 Å². The van der Waals surface area contributed by atoms with Crippen LogP contribution in [0.1, 0.15) is 48.2 Å². The Bertz CT molecular complexity index is 740. The molecule has 1 N–H and O–H groups in total. The summed E-state index contributed by atoms with van der Waals surface area (Å²) < 4.78 is 1.93. The molecule has 0 radical (unpaired) electrons. The van der Waals surface area contributed by atoms with Gasteiger partial charge in [0, 0.05) is 18.0 Å². The Labute approximate surface area is 124 Å². The molecular formula is C18H19NO2. The Hall–Kier alpha value is -2.05. The number of benzene rings is 1. The maximum Gasteiger partial charge on any atom is 0.153 e. The summed E-state index contributed by atoms with van der Waals surface area (Å²) in [5.41, 5.74) is 1.39. The molecule has 0 bridgehead atoms. The molecule has 3 nitrogen and oxygen atoms in total. The minimum absolute atomic E-state index is 0.611. The molecule has 1 fully saturated rings. The number of rotatable bonds is 1. The Kier molecular flexibility index (Phi) is 3.57. The quantitative estimate of drug-likeness (QED) is 0.645. The Morgan fingerprint density at radius 2 is 1.95 bits per heavy atom. The van der Waals surface area contributed by atoms with E-state index >= 15 is 0 Å². The Balaban J connectivity index is 2.09. The van der Waals surface area contributed by atoms with Crippen LogP contribution >= 0.6 is 0 Å². The highest BCUT2D eigenvalue weighted by Crippen LogP contribution is 2.28. The predicted molar refractivity (Wildman–Crippen MR) is 83.2 cm³/mol. The van der Waals surface area contributed by atoms with Crippen LogP contribution in [0.4, 0.5) is 0 Å². The van der Waals surface area contributed by atoms with Crippen LogP contribution in [-0.2, 0) is 7.05 Å². The normalized spacial score (nSPS) is 17.2. The molecule has 1 saturated carbocycles. The maximum atomic E-state index is 11.4. The molecule has 3 heteroatoms. The van der Waals surface area contributed by atoms with Gasteiger partial charge in [-0.25, -0.2) is 0 Å². The molecule has 108 valence electrons. The van der Waals surface area contributed by atoms with Gasteiger partial charge < -0.3 is 9.67 Å². The van der Waals surface area contributed by atoms with Crippen LogP contribution in [0.3, 0.4) is 0 Å². The minimum Gasteiger partial charge on any atom is -0.378 e. The van der Waals surface area contributed by atoms with E-state index in [0.29, 0.717) is 11.3 Å². The maximum absolute atomic E-state index is 11.4. The van der Waals surface area contributed by atoms with Gasteiger partial charge in [0.05, 0.1) is 5.56 Å². The highest BCUT2D eigenvalue weighted by molar-refractivity contribution is 6.00. The van der Waals surface area contributed by atoms with E-state index in [-0.39, 0.29) is 0 Å². The number of nitrogens with zero attached hydrogens (tertiary/aromatic N) is 1. The van der Waals surface area contributed by atoms with Crippen LogP contribution in [0.5, 0.6) is 0 Å². The largest absolute Gasteiger partial charge is 0.378 e. The highest BCUT2D eigenvalue weighted by Gasteiger charge is 2.26. The predicted octanol–water partition coefficient (Wildman–Crippen LogP) is 3.04. The molecule has 0 atom stereocenters. The molecule has 1 aliphatic rings. The zero-order valence-electron chi connectivity index (χ0n) is 12.2. The summed E-state index contributed by atoms with van der Waals surface area (Å²) in [6.07, 6.45) is 5.50. The summed E-state index contributed by atoms with van der Waals surface area (Å²) in [4.78, 5) is 11.4. The summed E-state index contributed by atoms with van der Waals surface area (Å²) in [6.45, 7) is 0. The average Bonchev–Trinajstić information content (AvgIpc) is 2.78. The van der Waals surface area contributed by atoms with Crippen molar-refractivity contribution in [2.24, 2.45) is 7.05 Å². The number of aldehydes is 1. The van der Waals surface area contributed by atoms with Crippen molar-refractivity contribution >= 4 is 17.2 Å². The summed E-state index contributed by atoms with van der Waals surface area (Å²) in [5.74, 6) is 6.08. The molecule has 1 aromatic heterocycles. The third-order valence-electron chi connectivity index (χ3n) is 4.36. The molecule has 1 heterocycles. The van der Waals surface area contributed by atoms with Gasteiger partial charge in [-0.2, -0.15) is 0 Å². The van der Waals surface area contributed by atoms with E-state index in [1.807, 2.05) is 35.9 Å². The van der Waals surface area contributed by atoms with Gasteiger partial charge in [-0.3, -0.25) is 4.79 Å². The van der Waals surface area contributed by atoms with Crippen molar-refractivity contribution in [2.75, 3.05) is 0 Å². The molecule has 0 unspecified atom stereocenters. The minimum atomic E-state index is -0.894. The van der Waals surface area contributed by atoms with Crippen molar-refractivity contribution in [1.82, 2.24) is 4.57 Å². The van der Waals surface area contributed by atoms with E-state index < -0.39 is 5.60 Å². The van der Waals surface area contributed by atoms with Gasteiger partial charge >= 0.3 is 0 Å². The SMILES string of the molecule is Cn1c(C#CC2(O)CCCCC2)c(C=O)c2ccccc21. The lowest BCUT2D eigenvalue weighted by Crippen LogP contribution is -2.29. The van der Waals surface area contributed by atoms with Crippen molar-refractivity contribution in [2.45, 2.75) is 37.7 Å². The van der Waals surface area contributed by atoms with E-state index in [1.165, 1.54) is 0 Å². The van der Waals surface area contributed by atoms with Crippen LogP contribution in [0.15, 0.2) is 24.3 Å². The molecule has 0 saturated heterocycles. The lowest BCUT2D eigenvalue weighted by atomic mass is 9.85. The molecular weight excluding hydrogens is 262 g/mol. The smallest absolute Gasteiger partial charge is 0.153 e. The number of hydrogen-bond donors (Lipinski definition) is 1. The number of hydrogen-bond acceptors (Lipinski definition) is 2. The van der Waals surface area contributed by atoms with E-state index in [1.54, 1.807) is 0 Å². The summed E-state index contributed by atoms with van der Waals surface area (Å²) in [5, 5.41) is 11.4. The van der Waals surface area contributed by atoms with Crippen molar-refractivity contribution in [3.63, 3.8) is 0 Å². The first-order valence-electron chi connectivity index (χ1n) is 7.43. The zero-order chi connectivity index (χ0) is 14.9. The lowest BCUT2D eigenvalue weighted by Gasteiger charge is -2.26. The van der Waals surface area contributed by atoms with Crippen LogP contribution in [0.25, 0.3) is 10.9 Å². The van der Waals surface area contributed by atoms with Crippen LogP contribution in [0.2, 0.25) is 0 Å². The fourth-order valence-electron chi connectivity index (χ4n) is 3.13. The Morgan fingerprint density at radius 3 is 2.67 bits per heavy atom. The summed E-state index contributed by atoms with van der Waals surface area (Å²) in [6, 6.07) is 7.77. The van der Waals surface area contributed by atoms with Gasteiger partial charge in [0.25, 0.3) is 0 Å². The second-order valence-electron chi connectivity index (χ2n) is 5.80. The number of carbonyl (C=O) groups is 1. The van der Waals surface area contributed by atoms with E-state index in [9.17, 15) is 9.90 Å². The number of aryl methyl sites for hydroxylation is 1. The van der Waals surface area contributed by atoms with E-state index in [4.69, 9.17) is 0 Å². The van der Waals surface area contributed by atoms with Crippen LogP contribution in [0, 0.1) is 11.8 Å². The lowest BCUT2D eigenvalue weighted by molar-refractivity contribution is 0.0610. The number of fused-ring (bicyclic) bond motifs is 1. The molecule has 0 spiro atoms. The molecule has 0 aliphatic heterocycles. The van der Waals surface area contributed by atoms with Gasteiger partial charge in [-0.1, -0.05) is 30.5 Å². The third-order valence-corrected chi connectivity index (χ3v) is 4.36. The Morgan fingerprint density at radius 1 is 1.24 bits per heavy atom. The fourth-order valence-corrected chi connectivity index (χ4v) is 3.13. The monoisotopic (exact) mass is 281 g/mol. The van der Waals surface area contributed by atoms with Crippen molar-refractivity contribution in [1.29, 1.82) is 0 Å². The summed E-state index contributed by atoms with van der Waals surface area (Å²) >= 11 is 0. The summed E-state index contributed by atoms with van der Waals surface area (Å²) in [7, 11) is 1.91. The van der Waals surface area contributed by atoms with Gasteiger partial charge in [-0.05, 0) is 37.7 Å². The van der Waals surface area contributed by atoms with Gasteiger partial charge in [0.15, 0.2) is 6.29 Å². The van der Waals surface area contributed by atoms with Gasteiger partial charge in [0.1, 0.15) is 11.3 Å². The third kappa shape index (κ3) is 2.48. The van der Waals surface area contributed by atoms with Crippen molar-refractivity contribution < 1.29 is 9.90 Å². The van der Waals surface area contributed by atoms with Crippen molar-refractivity contribution in [3.8, 4) is 11.8 Å². The first-order valence-corrected chi connectivity index (χ1v) is 7.43. The number of aliphatic hydroxyl groups is 1. The first-order chi connectivity index (χ1) is 10.1. The highest BCUT2D eigenvalue weighted by atomic mass is 16.3. The van der Waals surface area contributed by atoms with Crippen molar-refractivity contribution in [3.05, 3.63) is 35.5 Å².